The Bertz CT molecular complexity index is 446. The molecule has 0 radical (unpaired) electrons. The molecule has 1 fully saturated rings. The Balaban J connectivity index is 2.13. The zero-order valence-electron chi connectivity index (χ0n) is 10.5. The molecule has 0 bridgehead atoms. The van der Waals surface area contributed by atoms with Crippen LogP contribution >= 0.6 is 0 Å². The topological polar surface area (TPSA) is 20.2 Å². The normalized spacial score (nSPS) is 24.6. The Morgan fingerprint density at radius 2 is 1.78 bits per heavy atom. The summed E-state index contributed by atoms with van der Waals surface area (Å²) < 4.78 is 27.1. The average molecular weight is 252 g/mol. The summed E-state index contributed by atoms with van der Waals surface area (Å²) in [5, 5.41) is 9.11. The maximum atomic E-state index is 13.7. The van der Waals surface area contributed by atoms with Crippen LogP contribution in [0.5, 0.6) is 5.75 Å². The minimum atomic E-state index is -1.12. The molecule has 1 aliphatic rings. The van der Waals surface area contributed by atoms with Gasteiger partial charge in [-0.3, -0.25) is 0 Å². The molecule has 98 valence electrons. The summed E-state index contributed by atoms with van der Waals surface area (Å²) in [4.78, 5) is 0. The molecule has 0 saturated heterocycles. The Morgan fingerprint density at radius 1 is 1.11 bits per heavy atom. The first-order chi connectivity index (χ1) is 8.63. The molecule has 1 aromatic rings. The Kier molecular flexibility index (Phi) is 4.00. The van der Waals surface area contributed by atoms with Crippen molar-refractivity contribution in [2.75, 3.05) is 0 Å². The predicted molar refractivity (Wildman–Crippen MR) is 67.5 cm³/mol. The van der Waals surface area contributed by atoms with Crippen LogP contribution in [-0.4, -0.2) is 5.11 Å². The summed E-state index contributed by atoms with van der Waals surface area (Å²) in [6.07, 6.45) is 8.00. The van der Waals surface area contributed by atoms with E-state index in [0.29, 0.717) is 11.5 Å². The number of rotatable bonds is 2. The van der Waals surface area contributed by atoms with Gasteiger partial charge >= 0.3 is 0 Å². The zero-order valence-corrected chi connectivity index (χ0v) is 10.5. The molecule has 0 unspecified atom stereocenters. The lowest BCUT2D eigenvalue weighted by Crippen LogP contribution is -2.13. The van der Waals surface area contributed by atoms with Crippen LogP contribution in [0.2, 0.25) is 0 Å². The number of hydrogen-bond acceptors (Lipinski definition) is 1. The lowest BCUT2D eigenvalue weighted by Gasteiger charge is -2.27. The van der Waals surface area contributed by atoms with Gasteiger partial charge in [-0.15, -0.1) is 0 Å². The van der Waals surface area contributed by atoms with Gasteiger partial charge in [-0.05, 0) is 56.1 Å². The lowest BCUT2D eigenvalue weighted by atomic mass is 9.78. The van der Waals surface area contributed by atoms with Gasteiger partial charge in [0.15, 0.2) is 11.6 Å². The molecule has 3 heteroatoms. The molecule has 2 rings (SSSR count). The molecule has 0 heterocycles. The molecule has 1 aliphatic carbocycles. The summed E-state index contributed by atoms with van der Waals surface area (Å²) in [6.45, 7) is 2.00. The second-order valence-electron chi connectivity index (χ2n) is 4.94. The Labute approximate surface area is 106 Å². The molecule has 0 aromatic heterocycles. The standard InChI is InChI=1S/C15H18F2O/c1-2-3-10-4-6-11(7-5-10)12-8-9-13(18)15(17)14(12)16/h2-3,8-11,18H,4-7H2,1H3. The smallest absolute Gasteiger partial charge is 0.200 e. The first-order valence-electron chi connectivity index (χ1n) is 6.43. The third kappa shape index (κ3) is 2.55. The predicted octanol–water partition coefficient (Wildman–Crippen LogP) is 4.52. The molecule has 1 aromatic carbocycles. The van der Waals surface area contributed by atoms with Crippen LogP contribution in [0, 0.1) is 17.6 Å². The first-order valence-corrected chi connectivity index (χ1v) is 6.43. The molecule has 0 aliphatic heterocycles. The fourth-order valence-electron chi connectivity index (χ4n) is 2.76. The van der Waals surface area contributed by atoms with E-state index in [9.17, 15) is 8.78 Å². The highest BCUT2D eigenvalue weighted by Gasteiger charge is 2.25. The fourth-order valence-corrected chi connectivity index (χ4v) is 2.76. The second-order valence-corrected chi connectivity index (χ2v) is 4.94. The van der Waals surface area contributed by atoms with Crippen molar-refractivity contribution in [3.05, 3.63) is 41.5 Å². The van der Waals surface area contributed by atoms with Crippen LogP contribution in [0.3, 0.4) is 0 Å². The third-order valence-electron chi connectivity index (χ3n) is 3.77. The highest BCUT2D eigenvalue weighted by molar-refractivity contribution is 5.32. The number of halogens is 2. The van der Waals surface area contributed by atoms with Crippen molar-refractivity contribution in [2.45, 2.75) is 38.5 Å². The van der Waals surface area contributed by atoms with E-state index in [0.717, 1.165) is 25.7 Å². The number of hydrogen-bond donors (Lipinski definition) is 1. The minimum Gasteiger partial charge on any atom is -0.505 e. The number of phenols is 1. The van der Waals surface area contributed by atoms with Gasteiger partial charge in [-0.25, -0.2) is 4.39 Å². The zero-order chi connectivity index (χ0) is 13.1. The van der Waals surface area contributed by atoms with Crippen LogP contribution in [0.1, 0.15) is 44.1 Å². The average Bonchev–Trinajstić information content (AvgIpc) is 2.38. The summed E-state index contributed by atoms with van der Waals surface area (Å²) in [5.74, 6) is -1.98. The summed E-state index contributed by atoms with van der Waals surface area (Å²) >= 11 is 0. The SMILES string of the molecule is CC=CC1CCC(c2ccc(O)c(F)c2F)CC1. The first kappa shape index (κ1) is 13.1. The van der Waals surface area contributed by atoms with Gasteiger partial charge < -0.3 is 5.11 Å². The summed E-state index contributed by atoms with van der Waals surface area (Å²) in [5.41, 5.74) is 0.407. The molecular weight excluding hydrogens is 234 g/mol. The van der Waals surface area contributed by atoms with E-state index in [1.165, 1.54) is 12.1 Å². The maximum absolute atomic E-state index is 13.7. The molecule has 0 amide bonds. The third-order valence-corrected chi connectivity index (χ3v) is 3.77. The van der Waals surface area contributed by atoms with Crippen LogP contribution in [-0.2, 0) is 0 Å². The molecule has 18 heavy (non-hydrogen) atoms. The van der Waals surface area contributed by atoms with E-state index in [1.54, 1.807) is 0 Å². The van der Waals surface area contributed by atoms with E-state index in [2.05, 4.69) is 6.08 Å². The van der Waals surface area contributed by atoms with Gasteiger partial charge in [0.05, 0.1) is 0 Å². The molecule has 1 nitrogen and oxygen atoms in total. The molecular formula is C15H18F2O. The molecule has 0 atom stereocenters. The van der Waals surface area contributed by atoms with Crippen LogP contribution in [0.25, 0.3) is 0 Å². The van der Waals surface area contributed by atoms with Crippen molar-refractivity contribution in [1.29, 1.82) is 0 Å². The summed E-state index contributed by atoms with van der Waals surface area (Å²) in [7, 11) is 0. The van der Waals surface area contributed by atoms with E-state index in [-0.39, 0.29) is 5.92 Å². The molecule has 1 N–H and O–H groups in total. The number of aromatic hydroxyl groups is 1. The number of allylic oxidation sites excluding steroid dienone is 2. The highest BCUT2D eigenvalue weighted by atomic mass is 19.2. The van der Waals surface area contributed by atoms with Crippen LogP contribution < -0.4 is 0 Å². The number of phenolic OH excluding ortho intramolecular Hbond substituents is 1. The molecule has 1 saturated carbocycles. The maximum Gasteiger partial charge on any atom is 0.200 e. The monoisotopic (exact) mass is 252 g/mol. The van der Waals surface area contributed by atoms with E-state index in [4.69, 9.17) is 5.11 Å². The van der Waals surface area contributed by atoms with E-state index in [1.807, 2.05) is 13.0 Å². The van der Waals surface area contributed by atoms with E-state index >= 15 is 0 Å². The van der Waals surface area contributed by atoms with Gasteiger partial charge in [0.25, 0.3) is 0 Å². The lowest BCUT2D eigenvalue weighted by molar-refractivity contribution is 0.357. The van der Waals surface area contributed by atoms with Crippen molar-refractivity contribution in [1.82, 2.24) is 0 Å². The van der Waals surface area contributed by atoms with Crippen molar-refractivity contribution in [2.24, 2.45) is 5.92 Å². The van der Waals surface area contributed by atoms with Gasteiger partial charge in [0, 0.05) is 0 Å². The fraction of sp³-hybridized carbons (Fsp3) is 0.467. The molecule has 0 spiro atoms. The quantitative estimate of drug-likeness (QED) is 0.767. The van der Waals surface area contributed by atoms with Crippen LogP contribution in [0.15, 0.2) is 24.3 Å². The Hall–Kier alpha value is -1.38. The number of benzene rings is 1. The van der Waals surface area contributed by atoms with E-state index < -0.39 is 17.4 Å². The largest absolute Gasteiger partial charge is 0.505 e. The van der Waals surface area contributed by atoms with Gasteiger partial charge in [0.2, 0.25) is 5.82 Å². The van der Waals surface area contributed by atoms with Gasteiger partial charge in [0.1, 0.15) is 0 Å². The van der Waals surface area contributed by atoms with Crippen molar-refractivity contribution < 1.29 is 13.9 Å². The van der Waals surface area contributed by atoms with Gasteiger partial charge in [-0.1, -0.05) is 18.2 Å². The van der Waals surface area contributed by atoms with Crippen molar-refractivity contribution in [3.8, 4) is 5.75 Å². The van der Waals surface area contributed by atoms with Crippen molar-refractivity contribution >= 4 is 0 Å². The highest BCUT2D eigenvalue weighted by Crippen LogP contribution is 2.38. The van der Waals surface area contributed by atoms with Crippen molar-refractivity contribution in [3.63, 3.8) is 0 Å². The minimum absolute atomic E-state index is 0.0709. The Morgan fingerprint density at radius 3 is 2.39 bits per heavy atom. The second kappa shape index (κ2) is 5.51. The van der Waals surface area contributed by atoms with Gasteiger partial charge in [-0.2, -0.15) is 4.39 Å². The summed E-state index contributed by atoms with van der Waals surface area (Å²) in [6, 6.07) is 2.75. The van der Waals surface area contributed by atoms with Crippen LogP contribution in [0.4, 0.5) is 8.78 Å².